The fraction of sp³-hybridized carbons (Fsp3) is 0.316. The lowest BCUT2D eigenvalue weighted by atomic mass is 10.1. The monoisotopic (exact) mass is 403 g/mol. The number of anilines is 1. The quantitative estimate of drug-likeness (QED) is 0.609. The van der Waals surface area contributed by atoms with Gasteiger partial charge < -0.3 is 5.32 Å². The maximum atomic E-state index is 12.8. The number of hydrogen-bond donors (Lipinski definition) is 1. The number of nitrogens with one attached hydrogen (secondary N) is 1. The van der Waals surface area contributed by atoms with Crippen LogP contribution in [-0.2, 0) is 10.0 Å². The maximum absolute atomic E-state index is 12.8. The zero-order chi connectivity index (χ0) is 20.5. The number of carbonyl (C=O) groups is 1. The summed E-state index contributed by atoms with van der Waals surface area (Å²) in [5.74, 6) is -0.514. The number of rotatable bonds is 5. The van der Waals surface area contributed by atoms with E-state index in [-0.39, 0.29) is 16.1 Å². The average molecular weight is 403 g/mol. The molecule has 1 saturated heterocycles. The van der Waals surface area contributed by atoms with Gasteiger partial charge in [-0.2, -0.15) is 4.31 Å². The average Bonchev–Trinajstić information content (AvgIpc) is 3.19. The fourth-order valence-electron chi connectivity index (χ4n) is 3.13. The lowest BCUT2D eigenvalue weighted by Crippen LogP contribution is -2.28. The van der Waals surface area contributed by atoms with Crippen LogP contribution in [0.25, 0.3) is 0 Å². The normalized spacial score (nSPS) is 14.8. The third kappa shape index (κ3) is 3.90. The van der Waals surface area contributed by atoms with E-state index in [0.29, 0.717) is 29.9 Å². The van der Waals surface area contributed by atoms with Gasteiger partial charge in [0.25, 0.3) is 11.6 Å². The standard InChI is InChI=1S/C19H21N3O5S/c1-13-6-8-16(28(26,27)21-9-3-4-10-21)12-17(13)19(23)20-18-11-15(22(24)25)7-5-14(18)2/h5-8,11-12H,3-4,9-10H2,1-2H3,(H,20,23). The molecular weight excluding hydrogens is 382 g/mol. The molecule has 1 amide bonds. The van der Waals surface area contributed by atoms with Gasteiger partial charge in [-0.15, -0.1) is 0 Å². The SMILES string of the molecule is Cc1ccc([N+](=O)[O-])cc1NC(=O)c1cc(S(=O)(=O)N2CCCC2)ccc1C. The van der Waals surface area contributed by atoms with Crippen molar-refractivity contribution >= 4 is 27.3 Å². The lowest BCUT2D eigenvalue weighted by Gasteiger charge is -2.17. The van der Waals surface area contributed by atoms with E-state index >= 15 is 0 Å². The van der Waals surface area contributed by atoms with Gasteiger partial charge in [0.15, 0.2) is 0 Å². The van der Waals surface area contributed by atoms with Crippen LogP contribution < -0.4 is 5.32 Å². The van der Waals surface area contributed by atoms with Crippen molar-refractivity contribution in [2.75, 3.05) is 18.4 Å². The van der Waals surface area contributed by atoms with Gasteiger partial charge in [0.05, 0.1) is 15.5 Å². The zero-order valence-electron chi connectivity index (χ0n) is 15.6. The Morgan fingerprint density at radius 2 is 1.71 bits per heavy atom. The van der Waals surface area contributed by atoms with Crippen LogP contribution in [0.3, 0.4) is 0 Å². The first-order valence-corrected chi connectivity index (χ1v) is 10.3. The van der Waals surface area contributed by atoms with Crippen molar-refractivity contribution in [1.82, 2.24) is 4.31 Å². The highest BCUT2D eigenvalue weighted by atomic mass is 32.2. The van der Waals surface area contributed by atoms with Crippen LogP contribution in [0.5, 0.6) is 0 Å². The van der Waals surface area contributed by atoms with Crippen molar-refractivity contribution in [3.8, 4) is 0 Å². The topological polar surface area (TPSA) is 110 Å². The zero-order valence-corrected chi connectivity index (χ0v) is 16.5. The summed E-state index contributed by atoms with van der Waals surface area (Å²) in [7, 11) is -3.65. The van der Waals surface area contributed by atoms with Gasteiger partial charge in [-0.25, -0.2) is 8.42 Å². The minimum atomic E-state index is -3.65. The Hall–Kier alpha value is -2.78. The van der Waals surface area contributed by atoms with Crippen molar-refractivity contribution in [1.29, 1.82) is 0 Å². The number of carbonyl (C=O) groups excluding carboxylic acids is 1. The number of benzene rings is 2. The molecule has 0 aliphatic carbocycles. The summed E-state index contributed by atoms with van der Waals surface area (Å²) in [4.78, 5) is 23.3. The summed E-state index contributed by atoms with van der Waals surface area (Å²) in [6.07, 6.45) is 1.65. The van der Waals surface area contributed by atoms with Crippen LogP contribution in [0.15, 0.2) is 41.3 Å². The molecule has 0 aromatic heterocycles. The van der Waals surface area contributed by atoms with Gasteiger partial charge in [-0.3, -0.25) is 14.9 Å². The summed E-state index contributed by atoms with van der Waals surface area (Å²) in [6.45, 7) is 4.39. The largest absolute Gasteiger partial charge is 0.321 e. The molecule has 148 valence electrons. The summed E-state index contributed by atoms with van der Waals surface area (Å²) in [5.41, 5.74) is 1.67. The van der Waals surface area contributed by atoms with E-state index in [1.807, 2.05) is 0 Å². The molecule has 2 aromatic carbocycles. The van der Waals surface area contributed by atoms with Gasteiger partial charge in [-0.05, 0) is 49.9 Å². The number of nitro benzene ring substituents is 1. The van der Waals surface area contributed by atoms with Crippen LogP contribution in [0.4, 0.5) is 11.4 Å². The summed E-state index contributed by atoms with van der Waals surface area (Å²) < 4.78 is 27.0. The summed E-state index contributed by atoms with van der Waals surface area (Å²) >= 11 is 0. The number of nitro groups is 1. The first-order valence-electron chi connectivity index (χ1n) is 8.87. The van der Waals surface area contributed by atoms with Gasteiger partial charge >= 0.3 is 0 Å². The smallest absolute Gasteiger partial charge is 0.271 e. The molecule has 9 heteroatoms. The molecule has 1 heterocycles. The van der Waals surface area contributed by atoms with Gasteiger partial charge in [-0.1, -0.05) is 12.1 Å². The molecule has 1 fully saturated rings. The summed E-state index contributed by atoms with van der Waals surface area (Å²) in [5, 5.41) is 13.6. The minimum Gasteiger partial charge on any atom is -0.321 e. The van der Waals surface area contributed by atoms with E-state index in [9.17, 15) is 23.3 Å². The highest BCUT2D eigenvalue weighted by Crippen LogP contribution is 2.25. The molecule has 28 heavy (non-hydrogen) atoms. The Morgan fingerprint density at radius 3 is 2.36 bits per heavy atom. The van der Waals surface area contributed by atoms with E-state index in [4.69, 9.17) is 0 Å². The summed E-state index contributed by atoms with van der Waals surface area (Å²) in [6, 6.07) is 8.66. The highest BCUT2D eigenvalue weighted by Gasteiger charge is 2.28. The Bertz CT molecular complexity index is 1040. The number of nitrogens with zero attached hydrogens (tertiary/aromatic N) is 2. The minimum absolute atomic E-state index is 0.0703. The van der Waals surface area contributed by atoms with Crippen molar-refractivity contribution in [2.24, 2.45) is 0 Å². The second kappa shape index (κ2) is 7.69. The van der Waals surface area contributed by atoms with Crippen LogP contribution in [-0.4, -0.2) is 36.6 Å². The molecule has 3 rings (SSSR count). The van der Waals surface area contributed by atoms with Crippen molar-refractivity contribution in [3.63, 3.8) is 0 Å². The number of non-ortho nitro benzene ring substituents is 1. The number of hydrogen-bond acceptors (Lipinski definition) is 5. The van der Waals surface area contributed by atoms with Crippen LogP contribution in [0.2, 0.25) is 0 Å². The predicted molar refractivity (Wildman–Crippen MR) is 105 cm³/mol. The van der Waals surface area contributed by atoms with Crippen molar-refractivity contribution < 1.29 is 18.1 Å². The number of sulfonamides is 1. The van der Waals surface area contributed by atoms with Crippen molar-refractivity contribution in [2.45, 2.75) is 31.6 Å². The molecule has 0 bridgehead atoms. The van der Waals surface area contributed by atoms with E-state index in [1.165, 1.54) is 28.6 Å². The Labute approximate surface area is 163 Å². The molecule has 0 saturated carbocycles. The molecular formula is C19H21N3O5S. The van der Waals surface area contributed by atoms with Crippen molar-refractivity contribution in [3.05, 3.63) is 63.2 Å². The fourth-order valence-corrected chi connectivity index (χ4v) is 4.68. The maximum Gasteiger partial charge on any atom is 0.271 e. The second-order valence-corrected chi connectivity index (χ2v) is 8.74. The first-order chi connectivity index (χ1) is 13.2. The van der Waals surface area contributed by atoms with Gasteiger partial charge in [0.1, 0.15) is 0 Å². The van der Waals surface area contributed by atoms with Crippen LogP contribution in [0.1, 0.15) is 34.3 Å². The van der Waals surface area contributed by atoms with Crippen LogP contribution in [0, 0.1) is 24.0 Å². The van der Waals surface area contributed by atoms with E-state index in [2.05, 4.69) is 5.32 Å². The van der Waals surface area contributed by atoms with Gasteiger partial charge in [0, 0.05) is 30.8 Å². The highest BCUT2D eigenvalue weighted by molar-refractivity contribution is 7.89. The predicted octanol–water partition coefficient (Wildman–Crippen LogP) is 3.25. The number of aryl methyl sites for hydroxylation is 2. The second-order valence-electron chi connectivity index (χ2n) is 6.80. The van der Waals surface area contributed by atoms with Gasteiger partial charge in [0.2, 0.25) is 10.0 Å². The molecule has 1 N–H and O–H groups in total. The van der Waals surface area contributed by atoms with E-state index in [1.54, 1.807) is 26.0 Å². The molecule has 0 atom stereocenters. The molecule has 1 aliphatic rings. The molecule has 0 radical (unpaired) electrons. The van der Waals surface area contributed by atoms with Crippen LogP contribution >= 0.6 is 0 Å². The van der Waals surface area contributed by atoms with E-state index in [0.717, 1.165) is 12.8 Å². The number of amides is 1. The first kappa shape index (κ1) is 20.0. The Balaban J connectivity index is 1.92. The Morgan fingerprint density at radius 1 is 1.07 bits per heavy atom. The third-order valence-electron chi connectivity index (χ3n) is 4.84. The lowest BCUT2D eigenvalue weighted by molar-refractivity contribution is -0.384. The molecule has 0 spiro atoms. The molecule has 1 aliphatic heterocycles. The molecule has 2 aromatic rings. The molecule has 0 unspecified atom stereocenters. The third-order valence-corrected chi connectivity index (χ3v) is 6.73. The molecule has 8 nitrogen and oxygen atoms in total. The Kier molecular flexibility index (Phi) is 5.48. The van der Waals surface area contributed by atoms with E-state index < -0.39 is 20.9 Å².